The largest absolute Gasteiger partial charge is 0.310 e. The van der Waals surface area contributed by atoms with Gasteiger partial charge in [0.15, 0.2) is 0 Å². The zero-order valence-electron chi connectivity index (χ0n) is 12.1. The number of halogens is 3. The summed E-state index contributed by atoms with van der Waals surface area (Å²) in [4.78, 5) is 0. The average Bonchev–Trinajstić information content (AvgIpc) is 2.43. The van der Waals surface area contributed by atoms with Gasteiger partial charge in [-0.3, -0.25) is 0 Å². The second-order valence-electron chi connectivity index (χ2n) is 5.03. The summed E-state index contributed by atoms with van der Waals surface area (Å²) >= 11 is 9.56. The molecule has 1 nitrogen and oxygen atoms in total. The third-order valence-electron chi connectivity index (χ3n) is 3.51. The van der Waals surface area contributed by atoms with E-state index in [0.29, 0.717) is 6.42 Å². The fraction of sp³-hybridized carbons (Fsp3) is 0.294. The molecule has 0 saturated heterocycles. The number of nitrogens with one attached hydrogen (secondary N) is 1. The van der Waals surface area contributed by atoms with E-state index in [9.17, 15) is 4.39 Å². The lowest BCUT2D eigenvalue weighted by Gasteiger charge is -2.21. The first-order valence-electron chi connectivity index (χ1n) is 6.95. The zero-order valence-corrected chi connectivity index (χ0v) is 14.4. The molecule has 0 aliphatic rings. The van der Waals surface area contributed by atoms with Crippen LogP contribution in [0.4, 0.5) is 4.39 Å². The molecule has 1 atom stereocenters. The molecule has 0 radical (unpaired) electrons. The number of hydrogen-bond acceptors (Lipinski definition) is 1. The van der Waals surface area contributed by atoms with Crippen molar-refractivity contribution in [3.63, 3.8) is 0 Å². The minimum atomic E-state index is -0.364. The minimum absolute atomic E-state index is 0.113. The Morgan fingerprint density at radius 3 is 2.71 bits per heavy atom. The highest BCUT2D eigenvalue weighted by atomic mass is 79.9. The molecule has 4 heteroatoms. The van der Waals surface area contributed by atoms with Crippen LogP contribution in [-0.4, -0.2) is 6.54 Å². The van der Waals surface area contributed by atoms with Crippen molar-refractivity contribution >= 4 is 27.5 Å². The monoisotopic (exact) mass is 369 g/mol. The first kappa shape index (κ1) is 16.5. The van der Waals surface area contributed by atoms with Crippen LogP contribution in [0.25, 0.3) is 0 Å². The first-order valence-corrected chi connectivity index (χ1v) is 8.12. The molecule has 1 N–H and O–H groups in total. The molecule has 21 heavy (non-hydrogen) atoms. The second kappa shape index (κ2) is 7.39. The van der Waals surface area contributed by atoms with Gasteiger partial charge in [-0.15, -0.1) is 0 Å². The van der Waals surface area contributed by atoms with Crippen LogP contribution in [-0.2, 0) is 6.42 Å². The van der Waals surface area contributed by atoms with Gasteiger partial charge < -0.3 is 5.32 Å². The molecule has 2 rings (SSSR count). The van der Waals surface area contributed by atoms with E-state index in [0.717, 1.165) is 16.6 Å². The Hall–Kier alpha value is -0.900. The summed E-state index contributed by atoms with van der Waals surface area (Å²) in [6.07, 6.45) is 0.660. The highest BCUT2D eigenvalue weighted by Gasteiger charge is 2.16. The van der Waals surface area contributed by atoms with Crippen molar-refractivity contribution in [1.29, 1.82) is 0 Å². The van der Waals surface area contributed by atoms with Gasteiger partial charge in [-0.05, 0) is 54.8 Å². The molecule has 2 aromatic carbocycles. The molecule has 0 aliphatic heterocycles. The zero-order chi connectivity index (χ0) is 15.4. The maximum absolute atomic E-state index is 13.6. The molecule has 0 aliphatic carbocycles. The molecular formula is C17H18BrClFN. The number of aryl methyl sites for hydroxylation is 1. The van der Waals surface area contributed by atoms with E-state index in [1.165, 1.54) is 17.2 Å². The van der Waals surface area contributed by atoms with Crippen molar-refractivity contribution in [1.82, 2.24) is 5.32 Å². The van der Waals surface area contributed by atoms with Gasteiger partial charge in [-0.1, -0.05) is 52.7 Å². The fourth-order valence-electron chi connectivity index (χ4n) is 2.49. The Kier molecular flexibility index (Phi) is 5.80. The maximum Gasteiger partial charge on any atom is 0.142 e. The van der Waals surface area contributed by atoms with Crippen LogP contribution in [0.2, 0.25) is 5.02 Å². The number of rotatable bonds is 5. The van der Waals surface area contributed by atoms with Crippen LogP contribution in [0.3, 0.4) is 0 Å². The molecule has 2 aromatic rings. The van der Waals surface area contributed by atoms with Gasteiger partial charge in [0.2, 0.25) is 0 Å². The molecule has 0 amide bonds. The van der Waals surface area contributed by atoms with Crippen molar-refractivity contribution < 1.29 is 4.39 Å². The highest BCUT2D eigenvalue weighted by molar-refractivity contribution is 9.10. The maximum atomic E-state index is 13.6. The Morgan fingerprint density at radius 1 is 1.29 bits per heavy atom. The summed E-state index contributed by atoms with van der Waals surface area (Å²) in [5.41, 5.74) is 3.23. The molecule has 1 unspecified atom stereocenters. The quantitative estimate of drug-likeness (QED) is 0.738. The Bertz CT molecular complexity index is 630. The Labute approximate surface area is 138 Å². The van der Waals surface area contributed by atoms with Crippen molar-refractivity contribution in [2.45, 2.75) is 26.3 Å². The molecule has 0 aromatic heterocycles. The predicted octanol–water partition coefficient (Wildman–Crippen LogP) is 5.44. The second-order valence-corrected chi connectivity index (χ2v) is 6.32. The van der Waals surface area contributed by atoms with Gasteiger partial charge >= 0.3 is 0 Å². The number of hydrogen-bond donors (Lipinski definition) is 1. The molecule has 0 heterocycles. The van der Waals surface area contributed by atoms with Gasteiger partial charge in [0.25, 0.3) is 0 Å². The SMILES string of the molecule is CCNC(Cc1cccc(F)c1Cl)c1ccc(Br)cc1C. The van der Waals surface area contributed by atoms with Gasteiger partial charge in [0, 0.05) is 10.5 Å². The Balaban J connectivity index is 2.33. The Morgan fingerprint density at radius 2 is 2.05 bits per heavy atom. The van der Waals surface area contributed by atoms with E-state index in [1.807, 2.05) is 12.1 Å². The molecule has 0 spiro atoms. The molecule has 0 bridgehead atoms. The molecule has 0 saturated carbocycles. The van der Waals surface area contributed by atoms with Crippen LogP contribution in [0.1, 0.15) is 29.7 Å². The average molecular weight is 371 g/mol. The van der Waals surface area contributed by atoms with Crippen molar-refractivity contribution in [2.24, 2.45) is 0 Å². The van der Waals surface area contributed by atoms with Crippen molar-refractivity contribution in [3.05, 3.63) is 68.4 Å². The minimum Gasteiger partial charge on any atom is -0.310 e. The van der Waals surface area contributed by atoms with E-state index in [2.05, 4.69) is 47.2 Å². The lowest BCUT2D eigenvalue weighted by atomic mass is 9.95. The molecule has 112 valence electrons. The predicted molar refractivity (Wildman–Crippen MR) is 90.4 cm³/mol. The number of likely N-dealkylation sites (N-methyl/N-ethyl adjacent to an activating group) is 1. The van der Waals surface area contributed by atoms with Crippen molar-refractivity contribution in [2.75, 3.05) is 6.54 Å². The summed E-state index contributed by atoms with van der Waals surface area (Å²) in [5.74, 6) is -0.364. The van der Waals surface area contributed by atoms with E-state index in [-0.39, 0.29) is 16.9 Å². The van der Waals surface area contributed by atoms with Gasteiger partial charge in [0.05, 0.1) is 5.02 Å². The topological polar surface area (TPSA) is 12.0 Å². The summed E-state index contributed by atoms with van der Waals surface area (Å²) in [5, 5.41) is 3.68. The number of benzene rings is 2. The standard InChI is InChI=1S/C17H18BrClFN/c1-3-21-16(14-8-7-13(18)9-11(14)2)10-12-5-4-6-15(20)17(12)19/h4-9,16,21H,3,10H2,1-2H3. The van der Waals surface area contributed by atoms with Crippen LogP contribution in [0, 0.1) is 12.7 Å². The van der Waals surface area contributed by atoms with Gasteiger partial charge in [-0.2, -0.15) is 0 Å². The summed E-state index contributed by atoms with van der Waals surface area (Å²) in [6, 6.07) is 11.3. The lowest BCUT2D eigenvalue weighted by molar-refractivity contribution is 0.544. The van der Waals surface area contributed by atoms with E-state index >= 15 is 0 Å². The van der Waals surface area contributed by atoms with E-state index in [1.54, 1.807) is 6.07 Å². The van der Waals surface area contributed by atoms with Gasteiger partial charge in [0.1, 0.15) is 5.82 Å². The smallest absolute Gasteiger partial charge is 0.142 e. The van der Waals surface area contributed by atoms with Crippen LogP contribution >= 0.6 is 27.5 Å². The van der Waals surface area contributed by atoms with Crippen LogP contribution < -0.4 is 5.32 Å². The molecule has 0 fully saturated rings. The van der Waals surface area contributed by atoms with Crippen LogP contribution in [0.5, 0.6) is 0 Å². The lowest BCUT2D eigenvalue weighted by Crippen LogP contribution is -2.24. The third-order valence-corrected chi connectivity index (χ3v) is 4.43. The highest BCUT2D eigenvalue weighted by Crippen LogP contribution is 2.28. The summed E-state index contributed by atoms with van der Waals surface area (Å²) < 4.78 is 14.6. The third kappa shape index (κ3) is 4.06. The summed E-state index contributed by atoms with van der Waals surface area (Å²) in [6.45, 7) is 4.99. The van der Waals surface area contributed by atoms with Crippen LogP contribution in [0.15, 0.2) is 40.9 Å². The fourth-order valence-corrected chi connectivity index (χ4v) is 3.17. The van der Waals surface area contributed by atoms with Gasteiger partial charge in [-0.25, -0.2) is 4.39 Å². The van der Waals surface area contributed by atoms with Crippen molar-refractivity contribution in [3.8, 4) is 0 Å². The van der Waals surface area contributed by atoms with E-state index < -0.39 is 0 Å². The summed E-state index contributed by atoms with van der Waals surface area (Å²) in [7, 11) is 0. The molecular weight excluding hydrogens is 353 g/mol. The first-order chi connectivity index (χ1) is 10.0. The van der Waals surface area contributed by atoms with E-state index in [4.69, 9.17) is 11.6 Å². The normalized spacial score (nSPS) is 12.4.